The molecule has 1 aromatic carbocycles. The Hall–Kier alpha value is -2.93. The van der Waals surface area contributed by atoms with Crippen molar-refractivity contribution in [1.82, 2.24) is 24.8 Å². The van der Waals surface area contributed by atoms with E-state index >= 15 is 0 Å². The molecule has 1 aliphatic rings. The molecule has 1 amide bonds. The van der Waals surface area contributed by atoms with Crippen LogP contribution < -0.4 is 10.9 Å². The molecule has 0 radical (unpaired) electrons. The van der Waals surface area contributed by atoms with Crippen LogP contribution in [0.3, 0.4) is 0 Å². The summed E-state index contributed by atoms with van der Waals surface area (Å²) in [4.78, 5) is 31.9. The maximum atomic E-state index is 12.6. The van der Waals surface area contributed by atoms with E-state index < -0.39 is 0 Å². The monoisotopic (exact) mass is 379 g/mol. The molecule has 0 saturated carbocycles. The van der Waals surface area contributed by atoms with Crippen molar-refractivity contribution in [1.29, 1.82) is 0 Å². The van der Waals surface area contributed by atoms with Crippen LogP contribution in [-0.4, -0.2) is 52.1 Å². The van der Waals surface area contributed by atoms with Crippen molar-refractivity contribution in [2.45, 2.75) is 19.8 Å². The molecular formula is C21H25N5O2. The Morgan fingerprint density at radius 1 is 1.21 bits per heavy atom. The number of hydrogen-bond acceptors (Lipinski definition) is 4. The predicted molar refractivity (Wildman–Crippen MR) is 108 cm³/mol. The van der Waals surface area contributed by atoms with Gasteiger partial charge in [-0.3, -0.25) is 14.7 Å². The van der Waals surface area contributed by atoms with E-state index in [1.807, 2.05) is 30.3 Å². The Labute approximate surface area is 163 Å². The average molecular weight is 379 g/mol. The number of amides is 1. The SMILES string of the molecule is CN1CCC(C)(CNC(=O)c2cc3nc(-c4ccccc4)cc(=O)n3[nH]2)CC1. The van der Waals surface area contributed by atoms with E-state index in [0.717, 1.165) is 31.5 Å². The quantitative estimate of drug-likeness (QED) is 0.728. The molecule has 0 bridgehead atoms. The van der Waals surface area contributed by atoms with Gasteiger partial charge >= 0.3 is 0 Å². The second-order valence-electron chi connectivity index (χ2n) is 8.01. The summed E-state index contributed by atoms with van der Waals surface area (Å²) in [7, 11) is 2.12. The van der Waals surface area contributed by atoms with Gasteiger partial charge in [-0.2, -0.15) is 0 Å². The molecule has 0 atom stereocenters. The van der Waals surface area contributed by atoms with Gasteiger partial charge in [-0.1, -0.05) is 37.3 Å². The van der Waals surface area contributed by atoms with Crippen molar-refractivity contribution in [3.8, 4) is 11.3 Å². The van der Waals surface area contributed by atoms with Gasteiger partial charge < -0.3 is 10.2 Å². The molecule has 0 aliphatic carbocycles. The van der Waals surface area contributed by atoms with Crippen LogP contribution >= 0.6 is 0 Å². The minimum absolute atomic E-state index is 0.101. The first-order valence-corrected chi connectivity index (χ1v) is 9.59. The number of aromatic amines is 1. The van der Waals surface area contributed by atoms with Crippen LogP contribution in [0.4, 0.5) is 0 Å². The number of aromatic nitrogens is 3. The maximum absolute atomic E-state index is 12.6. The first kappa shape index (κ1) is 18.4. The summed E-state index contributed by atoms with van der Waals surface area (Å²) in [6.45, 7) is 4.91. The van der Waals surface area contributed by atoms with Crippen molar-refractivity contribution < 1.29 is 4.79 Å². The highest BCUT2D eigenvalue weighted by Crippen LogP contribution is 2.29. The molecule has 0 spiro atoms. The van der Waals surface area contributed by atoms with Crippen LogP contribution in [0.15, 0.2) is 47.3 Å². The second-order valence-corrected chi connectivity index (χ2v) is 8.01. The van der Waals surface area contributed by atoms with E-state index in [-0.39, 0.29) is 16.9 Å². The third-order valence-electron chi connectivity index (χ3n) is 5.63. The van der Waals surface area contributed by atoms with Crippen molar-refractivity contribution in [3.05, 3.63) is 58.5 Å². The predicted octanol–water partition coefficient (Wildman–Crippen LogP) is 2.15. The third-order valence-corrected chi connectivity index (χ3v) is 5.63. The van der Waals surface area contributed by atoms with E-state index in [9.17, 15) is 9.59 Å². The van der Waals surface area contributed by atoms with Crippen LogP contribution in [0.2, 0.25) is 0 Å². The Bertz CT molecular complexity index is 1050. The van der Waals surface area contributed by atoms with Crippen LogP contribution in [0.25, 0.3) is 16.9 Å². The molecule has 146 valence electrons. The Balaban J connectivity index is 1.53. The Kier molecular flexibility index (Phi) is 4.77. The van der Waals surface area contributed by atoms with E-state index in [1.54, 1.807) is 6.07 Å². The fraction of sp³-hybridized carbons (Fsp3) is 0.381. The summed E-state index contributed by atoms with van der Waals surface area (Å²) in [6.07, 6.45) is 2.11. The lowest BCUT2D eigenvalue weighted by Gasteiger charge is -2.37. The first-order valence-electron chi connectivity index (χ1n) is 9.59. The second kappa shape index (κ2) is 7.24. The number of carbonyl (C=O) groups is 1. The van der Waals surface area contributed by atoms with Gasteiger partial charge in [0, 0.05) is 24.2 Å². The van der Waals surface area contributed by atoms with Gasteiger partial charge in [0.25, 0.3) is 11.5 Å². The molecule has 3 heterocycles. The van der Waals surface area contributed by atoms with E-state index in [4.69, 9.17) is 0 Å². The molecule has 7 heteroatoms. The van der Waals surface area contributed by atoms with Crippen LogP contribution in [0, 0.1) is 5.41 Å². The van der Waals surface area contributed by atoms with Crippen LogP contribution in [0.1, 0.15) is 30.3 Å². The number of likely N-dealkylation sites (tertiary alicyclic amines) is 1. The molecule has 1 aliphatic heterocycles. The van der Waals surface area contributed by atoms with Gasteiger partial charge in [-0.25, -0.2) is 9.50 Å². The zero-order valence-electron chi connectivity index (χ0n) is 16.2. The minimum Gasteiger partial charge on any atom is -0.350 e. The summed E-state index contributed by atoms with van der Waals surface area (Å²) in [6, 6.07) is 12.6. The van der Waals surface area contributed by atoms with Gasteiger partial charge in [0.1, 0.15) is 5.69 Å². The van der Waals surface area contributed by atoms with E-state index in [2.05, 4.69) is 34.3 Å². The van der Waals surface area contributed by atoms with Gasteiger partial charge in [0.2, 0.25) is 0 Å². The zero-order chi connectivity index (χ0) is 19.7. The standard InChI is InChI=1S/C21H25N5O2/c1-21(8-10-25(2)11-9-21)14-22-20(28)17-12-18-23-16(13-19(27)26(18)24-17)15-6-4-3-5-7-15/h3-7,12-13,24H,8-11,14H2,1-2H3,(H,22,28). The topological polar surface area (TPSA) is 82.5 Å². The lowest BCUT2D eigenvalue weighted by atomic mass is 9.80. The molecule has 0 unspecified atom stereocenters. The fourth-order valence-corrected chi connectivity index (χ4v) is 3.59. The van der Waals surface area contributed by atoms with E-state index in [1.165, 1.54) is 10.6 Å². The van der Waals surface area contributed by atoms with Crippen LogP contribution in [-0.2, 0) is 0 Å². The number of carbonyl (C=O) groups excluding carboxylic acids is 1. The molecule has 3 aromatic rings. The van der Waals surface area contributed by atoms with Gasteiger partial charge in [-0.05, 0) is 38.4 Å². The minimum atomic E-state index is -0.245. The highest BCUT2D eigenvalue weighted by molar-refractivity contribution is 5.93. The molecule has 1 fully saturated rings. The smallest absolute Gasteiger partial charge is 0.273 e. The normalized spacial score (nSPS) is 16.9. The first-order chi connectivity index (χ1) is 13.4. The van der Waals surface area contributed by atoms with Crippen LogP contribution in [0.5, 0.6) is 0 Å². The molecule has 28 heavy (non-hydrogen) atoms. The van der Waals surface area contributed by atoms with Crippen molar-refractivity contribution in [2.24, 2.45) is 5.41 Å². The molecule has 7 nitrogen and oxygen atoms in total. The lowest BCUT2D eigenvalue weighted by molar-refractivity contribution is 0.0886. The fourth-order valence-electron chi connectivity index (χ4n) is 3.59. The van der Waals surface area contributed by atoms with Gasteiger partial charge in [0.05, 0.1) is 5.69 Å². The summed E-state index contributed by atoms with van der Waals surface area (Å²) < 4.78 is 1.30. The van der Waals surface area contributed by atoms with Gasteiger partial charge in [0.15, 0.2) is 5.65 Å². The number of rotatable bonds is 4. The largest absolute Gasteiger partial charge is 0.350 e. The Morgan fingerprint density at radius 3 is 2.64 bits per heavy atom. The molecule has 2 N–H and O–H groups in total. The number of piperidine rings is 1. The van der Waals surface area contributed by atoms with Crippen molar-refractivity contribution in [3.63, 3.8) is 0 Å². The molecule has 4 rings (SSSR count). The molecule has 1 saturated heterocycles. The molecule has 2 aromatic heterocycles. The summed E-state index contributed by atoms with van der Waals surface area (Å²) in [5, 5.41) is 5.89. The number of hydrogen-bond donors (Lipinski definition) is 2. The molecular weight excluding hydrogens is 354 g/mol. The van der Waals surface area contributed by atoms with Gasteiger partial charge in [-0.15, -0.1) is 0 Å². The maximum Gasteiger partial charge on any atom is 0.273 e. The third kappa shape index (κ3) is 3.71. The van der Waals surface area contributed by atoms with Crippen molar-refractivity contribution in [2.75, 3.05) is 26.7 Å². The summed E-state index contributed by atoms with van der Waals surface area (Å²) >= 11 is 0. The zero-order valence-corrected chi connectivity index (χ0v) is 16.2. The average Bonchev–Trinajstić information content (AvgIpc) is 3.14. The highest BCUT2D eigenvalue weighted by Gasteiger charge is 2.29. The number of nitrogens with zero attached hydrogens (tertiary/aromatic N) is 3. The summed E-state index contributed by atoms with van der Waals surface area (Å²) in [5.41, 5.74) is 2.09. The Morgan fingerprint density at radius 2 is 1.93 bits per heavy atom. The van der Waals surface area contributed by atoms with Crippen molar-refractivity contribution >= 4 is 11.6 Å². The van der Waals surface area contributed by atoms with E-state index in [0.29, 0.717) is 23.6 Å². The lowest BCUT2D eigenvalue weighted by Crippen LogP contribution is -2.43. The number of benzene rings is 1. The number of H-pyrrole nitrogens is 1. The number of fused-ring (bicyclic) bond motifs is 1. The summed E-state index contributed by atoms with van der Waals surface area (Å²) in [5.74, 6) is -0.216. The number of nitrogens with one attached hydrogen (secondary N) is 2. The highest BCUT2D eigenvalue weighted by atomic mass is 16.2.